The molecule has 17 heteroatoms. The first kappa shape index (κ1) is 47.9. The molecule has 1 aliphatic heterocycles. The quantitative estimate of drug-likeness (QED) is 0.0665. The normalized spacial score (nSPS) is 17.3. The van der Waals surface area contributed by atoms with E-state index in [0.717, 1.165) is 5.56 Å². The summed E-state index contributed by atoms with van der Waals surface area (Å²) in [6, 6.07) is 24.3. The maximum Gasteiger partial charge on any atom is 0.306 e. The standard InChI is InChI=1S/C40H43N5O11.C6H15N/c1-23(2)36(49)43-39-42-35-32(37(50)44-39)41-22-45(35)38-34(53-5)33(29(55-38)21-54-31(48)20-19-30(46)47)56-40(24-9-7-6-8-10-24,25-11-15-27(51-3)16-12-25)26-13-17-28(52-4)18-14-26;1-4-7(5-2)6-3/h6-18,22-23,29,33-34,38H,19-21H2,1-5H3,(H,46,47)(H2,42,43,44,49,50);4-6H2,1-3H3/t29-,33-,34-,38-;/m1./s1. The Morgan fingerprint density at radius 2 is 1.43 bits per heavy atom. The van der Waals surface area contributed by atoms with Crippen LogP contribution in [0.1, 0.15) is 70.4 Å². The average molecular weight is 871 g/mol. The number of carboxylic acid groups (broad SMARTS) is 1. The van der Waals surface area contributed by atoms with Gasteiger partial charge in [-0.05, 0) is 60.6 Å². The SMILES string of the molecule is CCN(CC)CC.COc1ccc(C(O[C@H]2[C@@H](OC)[C@H](n3cnc4c(=O)[nH]c(NC(=O)C(C)C)nc43)O[C@@H]2COC(=O)CCC(=O)O)(c2ccccc2)c2ccc(OC)cc2)cc1. The van der Waals surface area contributed by atoms with Crippen LogP contribution in [0.15, 0.2) is 90.0 Å². The number of ether oxygens (including phenoxy) is 6. The number of esters is 1. The summed E-state index contributed by atoms with van der Waals surface area (Å²) < 4.78 is 38.3. The predicted molar refractivity (Wildman–Crippen MR) is 235 cm³/mol. The molecule has 0 radical (unpaired) electrons. The van der Waals surface area contributed by atoms with Crippen molar-refractivity contribution in [2.45, 2.75) is 77.6 Å². The van der Waals surface area contributed by atoms with E-state index in [1.165, 1.54) is 37.6 Å². The molecule has 6 rings (SSSR count). The monoisotopic (exact) mass is 870 g/mol. The van der Waals surface area contributed by atoms with E-state index in [4.69, 9.17) is 33.5 Å². The second-order valence-corrected chi connectivity index (χ2v) is 14.9. The van der Waals surface area contributed by atoms with Crippen molar-refractivity contribution in [2.24, 2.45) is 5.92 Å². The summed E-state index contributed by atoms with van der Waals surface area (Å²) in [6.07, 6.45) is -3.51. The molecule has 0 unspecified atom stereocenters. The zero-order valence-electron chi connectivity index (χ0n) is 37.0. The molecule has 5 aromatic rings. The zero-order valence-corrected chi connectivity index (χ0v) is 37.0. The Hall–Kier alpha value is -6.14. The van der Waals surface area contributed by atoms with Crippen molar-refractivity contribution < 1.29 is 47.9 Å². The summed E-state index contributed by atoms with van der Waals surface area (Å²) in [5.41, 5.74) is 0.232. The second kappa shape index (κ2) is 22.3. The smallest absolute Gasteiger partial charge is 0.306 e. The Morgan fingerprint density at radius 1 is 0.857 bits per heavy atom. The predicted octanol–water partition coefficient (Wildman–Crippen LogP) is 5.78. The van der Waals surface area contributed by atoms with Gasteiger partial charge in [-0.1, -0.05) is 89.2 Å². The Morgan fingerprint density at radius 3 is 1.92 bits per heavy atom. The van der Waals surface area contributed by atoms with Gasteiger partial charge in [-0.3, -0.25) is 34.0 Å². The lowest BCUT2D eigenvalue weighted by Crippen LogP contribution is -2.46. The van der Waals surface area contributed by atoms with Crippen LogP contribution in [0.25, 0.3) is 11.2 Å². The minimum absolute atomic E-state index is 0.0258. The highest BCUT2D eigenvalue weighted by molar-refractivity contribution is 5.91. The van der Waals surface area contributed by atoms with Gasteiger partial charge >= 0.3 is 11.9 Å². The van der Waals surface area contributed by atoms with Crippen LogP contribution in [0.2, 0.25) is 0 Å². The highest BCUT2D eigenvalue weighted by atomic mass is 16.6. The summed E-state index contributed by atoms with van der Waals surface area (Å²) in [4.78, 5) is 63.5. The Labute approximate surface area is 366 Å². The van der Waals surface area contributed by atoms with Crippen molar-refractivity contribution in [3.63, 3.8) is 0 Å². The van der Waals surface area contributed by atoms with Crippen LogP contribution >= 0.6 is 0 Å². The number of methoxy groups -OCH3 is 3. The lowest BCUT2D eigenvalue weighted by Gasteiger charge is -2.40. The number of hydrogen-bond donors (Lipinski definition) is 3. The van der Waals surface area contributed by atoms with Crippen molar-refractivity contribution in [1.29, 1.82) is 0 Å². The molecule has 17 nitrogen and oxygen atoms in total. The van der Waals surface area contributed by atoms with E-state index in [-0.39, 0.29) is 36.0 Å². The summed E-state index contributed by atoms with van der Waals surface area (Å²) in [5.74, 6) is -1.51. The van der Waals surface area contributed by atoms with Crippen LogP contribution in [-0.2, 0) is 38.9 Å². The van der Waals surface area contributed by atoms with Gasteiger partial charge in [0.15, 0.2) is 17.4 Å². The Kier molecular flexibility index (Phi) is 16.9. The lowest BCUT2D eigenvalue weighted by molar-refractivity contribution is -0.156. The van der Waals surface area contributed by atoms with E-state index in [9.17, 15) is 19.2 Å². The van der Waals surface area contributed by atoms with Crippen LogP contribution in [0.3, 0.4) is 0 Å². The van der Waals surface area contributed by atoms with Crippen molar-refractivity contribution >= 4 is 35.0 Å². The highest BCUT2D eigenvalue weighted by Crippen LogP contribution is 2.46. The minimum atomic E-state index is -1.37. The molecule has 0 saturated carbocycles. The largest absolute Gasteiger partial charge is 0.497 e. The van der Waals surface area contributed by atoms with Crippen LogP contribution in [0.4, 0.5) is 5.95 Å². The number of carboxylic acids is 1. The molecule has 4 atom stereocenters. The third-order valence-electron chi connectivity index (χ3n) is 10.8. The molecule has 0 aliphatic carbocycles. The van der Waals surface area contributed by atoms with Gasteiger partial charge in [0.1, 0.15) is 42.0 Å². The number of amides is 1. The first-order valence-corrected chi connectivity index (χ1v) is 20.9. The van der Waals surface area contributed by atoms with Gasteiger partial charge in [-0.2, -0.15) is 4.98 Å². The van der Waals surface area contributed by atoms with E-state index in [2.05, 4.69) is 45.9 Å². The molecule has 0 bridgehead atoms. The van der Waals surface area contributed by atoms with Gasteiger partial charge < -0.3 is 38.4 Å². The molecule has 3 N–H and O–H groups in total. The average Bonchev–Trinajstić information content (AvgIpc) is 3.88. The van der Waals surface area contributed by atoms with Crippen LogP contribution < -0.4 is 20.3 Å². The molecular formula is C46H58N6O11. The number of fused-ring (bicyclic) bond motifs is 1. The molecule has 0 spiro atoms. The van der Waals surface area contributed by atoms with E-state index < -0.39 is 60.0 Å². The van der Waals surface area contributed by atoms with Gasteiger partial charge in [-0.15, -0.1) is 0 Å². The summed E-state index contributed by atoms with van der Waals surface area (Å²) in [5, 5.41) is 11.8. The topological polar surface area (TPSA) is 206 Å². The molecule has 338 valence electrons. The number of aromatic amines is 1. The number of aliphatic carboxylic acids is 1. The Balaban J connectivity index is 0.000000985. The van der Waals surface area contributed by atoms with Crippen LogP contribution in [-0.4, -0.2) is 113 Å². The summed E-state index contributed by atoms with van der Waals surface area (Å²) in [6.45, 7) is 13.2. The first-order chi connectivity index (χ1) is 30.3. The summed E-state index contributed by atoms with van der Waals surface area (Å²) >= 11 is 0. The first-order valence-electron chi connectivity index (χ1n) is 20.9. The number of nitrogens with one attached hydrogen (secondary N) is 2. The fourth-order valence-electron chi connectivity index (χ4n) is 7.25. The fraction of sp³-hybridized carbons (Fsp3) is 0.435. The fourth-order valence-corrected chi connectivity index (χ4v) is 7.25. The minimum Gasteiger partial charge on any atom is -0.497 e. The maximum absolute atomic E-state index is 13.2. The number of imidazole rings is 1. The zero-order chi connectivity index (χ0) is 45.7. The number of rotatable bonds is 19. The molecule has 1 fully saturated rings. The highest BCUT2D eigenvalue weighted by Gasteiger charge is 2.53. The number of benzene rings is 3. The summed E-state index contributed by atoms with van der Waals surface area (Å²) in [7, 11) is 4.62. The molecule has 1 aliphatic rings. The van der Waals surface area contributed by atoms with Crippen molar-refractivity contribution in [3.05, 3.63) is 112 Å². The van der Waals surface area contributed by atoms with Gasteiger partial charge in [0, 0.05) is 13.0 Å². The number of hydrogen-bond acceptors (Lipinski definition) is 13. The van der Waals surface area contributed by atoms with Crippen LogP contribution in [0.5, 0.6) is 11.5 Å². The number of carbonyl (C=O) groups excluding carboxylic acids is 2. The Bertz CT molecular complexity index is 2260. The van der Waals surface area contributed by atoms with Crippen molar-refractivity contribution in [2.75, 3.05) is 52.9 Å². The molecule has 1 saturated heterocycles. The third kappa shape index (κ3) is 11.3. The van der Waals surface area contributed by atoms with Crippen LogP contribution in [0, 0.1) is 5.92 Å². The number of carbonyl (C=O) groups is 3. The molecule has 2 aromatic heterocycles. The van der Waals surface area contributed by atoms with Crippen molar-refractivity contribution in [1.82, 2.24) is 24.4 Å². The molecule has 3 aromatic carbocycles. The van der Waals surface area contributed by atoms with Gasteiger partial charge in [0.2, 0.25) is 11.9 Å². The van der Waals surface area contributed by atoms with E-state index in [0.29, 0.717) is 22.6 Å². The van der Waals surface area contributed by atoms with Gasteiger partial charge in [-0.25, -0.2) is 4.98 Å². The van der Waals surface area contributed by atoms with Crippen molar-refractivity contribution in [3.8, 4) is 11.5 Å². The number of nitrogens with zero attached hydrogens (tertiary/aromatic N) is 4. The van der Waals surface area contributed by atoms with E-state index in [1.807, 2.05) is 78.9 Å². The lowest BCUT2D eigenvalue weighted by atomic mass is 9.79. The third-order valence-corrected chi connectivity index (χ3v) is 10.8. The molecule has 63 heavy (non-hydrogen) atoms. The molecule has 1 amide bonds. The second-order valence-electron chi connectivity index (χ2n) is 14.9. The molecular weight excluding hydrogens is 813 g/mol. The number of aromatic nitrogens is 4. The van der Waals surface area contributed by atoms with E-state index >= 15 is 0 Å². The van der Waals surface area contributed by atoms with Gasteiger partial charge in [0.05, 0.1) is 33.4 Å². The van der Waals surface area contributed by atoms with Gasteiger partial charge in [0.25, 0.3) is 5.56 Å². The van der Waals surface area contributed by atoms with E-state index in [1.54, 1.807) is 28.1 Å². The molecule has 3 heterocycles. The maximum atomic E-state index is 13.2. The number of anilines is 1. The number of H-pyrrole nitrogens is 1.